The Labute approximate surface area is 169 Å². The van der Waals surface area contributed by atoms with E-state index in [1.807, 2.05) is 18.2 Å². The van der Waals surface area contributed by atoms with Crippen LogP contribution in [0.3, 0.4) is 0 Å². The summed E-state index contributed by atoms with van der Waals surface area (Å²) in [5.41, 5.74) is 2.61. The summed E-state index contributed by atoms with van der Waals surface area (Å²) in [6.07, 6.45) is 4.68. The number of hydrogen-bond acceptors (Lipinski definition) is 7. The molecule has 3 aromatic rings. The van der Waals surface area contributed by atoms with Crippen LogP contribution in [0.25, 0.3) is 10.9 Å². The molecule has 1 aliphatic rings. The summed E-state index contributed by atoms with van der Waals surface area (Å²) in [5, 5.41) is 13.2. The molecular weight excluding hydrogens is 386 g/mol. The Hall–Kier alpha value is -3.18. The molecule has 1 aliphatic heterocycles. The molecule has 1 fully saturated rings. The van der Waals surface area contributed by atoms with Gasteiger partial charge < -0.3 is 10.2 Å². The Morgan fingerprint density at radius 1 is 1.14 bits per heavy atom. The number of para-hydroxylation sites is 1. The van der Waals surface area contributed by atoms with E-state index in [9.17, 15) is 8.42 Å². The number of hydrogen-bond donors (Lipinski definition) is 1. The summed E-state index contributed by atoms with van der Waals surface area (Å²) in [7, 11) is -3.23. The van der Waals surface area contributed by atoms with Crippen molar-refractivity contribution in [3.63, 3.8) is 0 Å². The van der Waals surface area contributed by atoms with Crippen molar-refractivity contribution in [2.75, 3.05) is 29.6 Å². The lowest BCUT2D eigenvalue weighted by atomic mass is 9.98. The van der Waals surface area contributed by atoms with Gasteiger partial charge in [-0.25, -0.2) is 18.4 Å². The third kappa shape index (κ3) is 4.15. The minimum atomic E-state index is -3.23. The molecular formula is C21H21N5O2S. The number of nitrogens with one attached hydrogen (secondary N) is 1. The number of aromatic nitrogens is 2. The first-order valence-electron chi connectivity index (χ1n) is 9.41. The summed E-state index contributed by atoms with van der Waals surface area (Å²) < 4.78 is 23.2. The van der Waals surface area contributed by atoms with Crippen LogP contribution in [0.4, 0.5) is 17.3 Å². The molecule has 0 radical (unpaired) electrons. The van der Waals surface area contributed by atoms with Crippen LogP contribution in [0.1, 0.15) is 12.8 Å². The normalized spacial score (nSPS) is 15.2. The largest absolute Gasteiger partial charge is 0.370 e. The van der Waals surface area contributed by atoms with E-state index in [4.69, 9.17) is 10.2 Å². The van der Waals surface area contributed by atoms with Gasteiger partial charge in [0.2, 0.25) is 5.95 Å². The smallest absolute Gasteiger partial charge is 0.227 e. The SMILES string of the molecule is CS(=O)(=O)c1ccc(Nc2ncc3cccc(N4CCC(C#N)CC4)c3n2)cc1. The number of nitrogens with zero attached hydrogens (tertiary/aromatic N) is 4. The monoisotopic (exact) mass is 407 g/mol. The van der Waals surface area contributed by atoms with E-state index in [0.29, 0.717) is 11.6 Å². The summed E-state index contributed by atoms with van der Waals surface area (Å²) in [4.78, 5) is 11.6. The van der Waals surface area contributed by atoms with Gasteiger partial charge in [0.25, 0.3) is 0 Å². The maximum Gasteiger partial charge on any atom is 0.227 e. The van der Waals surface area contributed by atoms with Crippen LogP contribution < -0.4 is 10.2 Å². The number of piperidine rings is 1. The molecule has 0 spiro atoms. The molecule has 0 amide bonds. The average Bonchev–Trinajstić information content (AvgIpc) is 2.73. The molecule has 4 rings (SSSR count). The molecule has 0 unspecified atom stereocenters. The third-order valence-electron chi connectivity index (χ3n) is 5.15. The number of sulfone groups is 1. The number of nitriles is 1. The first kappa shape index (κ1) is 19.2. The van der Waals surface area contributed by atoms with Gasteiger partial charge in [0.05, 0.1) is 22.2 Å². The lowest BCUT2D eigenvalue weighted by molar-refractivity contribution is 0.488. The highest BCUT2D eigenvalue weighted by molar-refractivity contribution is 7.90. The lowest BCUT2D eigenvalue weighted by Crippen LogP contribution is -2.33. The maximum absolute atomic E-state index is 11.6. The lowest BCUT2D eigenvalue weighted by Gasteiger charge is -2.31. The van der Waals surface area contributed by atoms with Crippen LogP contribution in [0, 0.1) is 17.2 Å². The Balaban J connectivity index is 1.61. The highest BCUT2D eigenvalue weighted by Crippen LogP contribution is 2.29. The topological polar surface area (TPSA) is 99.0 Å². The predicted octanol–water partition coefficient (Wildman–Crippen LogP) is 3.52. The van der Waals surface area contributed by atoms with Gasteiger partial charge in [0, 0.05) is 42.5 Å². The molecule has 8 heteroatoms. The molecule has 2 aromatic carbocycles. The first-order chi connectivity index (χ1) is 13.9. The van der Waals surface area contributed by atoms with Crippen molar-refractivity contribution in [1.82, 2.24) is 9.97 Å². The Kier molecular flexibility index (Phi) is 5.07. The van der Waals surface area contributed by atoms with Crippen molar-refractivity contribution in [3.05, 3.63) is 48.7 Å². The van der Waals surface area contributed by atoms with E-state index >= 15 is 0 Å². The van der Waals surface area contributed by atoms with Gasteiger partial charge in [-0.15, -0.1) is 0 Å². The average molecular weight is 407 g/mol. The standard InChI is InChI=1S/C21H21N5O2S/c1-29(27,28)18-7-5-17(6-8-18)24-21-23-14-16-3-2-4-19(20(16)25-21)26-11-9-15(13-22)10-12-26/h2-8,14-15H,9-12H2,1H3,(H,23,24,25). The summed E-state index contributed by atoms with van der Waals surface area (Å²) >= 11 is 0. The fourth-order valence-corrected chi connectivity index (χ4v) is 4.15. The quantitative estimate of drug-likeness (QED) is 0.706. The second-order valence-electron chi connectivity index (χ2n) is 7.22. The second-order valence-corrected chi connectivity index (χ2v) is 9.24. The third-order valence-corrected chi connectivity index (χ3v) is 6.27. The predicted molar refractivity (Wildman–Crippen MR) is 113 cm³/mol. The van der Waals surface area contributed by atoms with Crippen LogP contribution >= 0.6 is 0 Å². The van der Waals surface area contributed by atoms with Gasteiger partial charge in [-0.2, -0.15) is 5.26 Å². The van der Waals surface area contributed by atoms with Crippen LogP contribution in [0.2, 0.25) is 0 Å². The van der Waals surface area contributed by atoms with E-state index in [1.165, 1.54) is 6.26 Å². The molecule has 1 aromatic heterocycles. The number of fused-ring (bicyclic) bond motifs is 1. The molecule has 0 atom stereocenters. The fraction of sp³-hybridized carbons (Fsp3) is 0.286. The number of rotatable bonds is 4. The molecule has 1 saturated heterocycles. The Morgan fingerprint density at radius 2 is 1.86 bits per heavy atom. The molecule has 0 bridgehead atoms. The van der Waals surface area contributed by atoms with Gasteiger partial charge in [-0.1, -0.05) is 12.1 Å². The Morgan fingerprint density at radius 3 is 2.52 bits per heavy atom. The van der Waals surface area contributed by atoms with Crippen LogP contribution in [-0.2, 0) is 9.84 Å². The fourth-order valence-electron chi connectivity index (χ4n) is 3.52. The molecule has 1 N–H and O–H groups in total. The number of benzene rings is 2. The number of anilines is 3. The van der Waals surface area contributed by atoms with Gasteiger partial charge in [-0.3, -0.25) is 0 Å². The maximum atomic E-state index is 11.6. The minimum Gasteiger partial charge on any atom is -0.370 e. The van der Waals surface area contributed by atoms with Gasteiger partial charge in [0.15, 0.2) is 9.84 Å². The van der Waals surface area contributed by atoms with Crippen LogP contribution in [0.15, 0.2) is 53.6 Å². The van der Waals surface area contributed by atoms with Crippen molar-refractivity contribution in [2.24, 2.45) is 5.92 Å². The van der Waals surface area contributed by atoms with Crippen molar-refractivity contribution < 1.29 is 8.42 Å². The Bertz CT molecular complexity index is 1180. The highest BCUT2D eigenvalue weighted by atomic mass is 32.2. The van der Waals surface area contributed by atoms with E-state index in [-0.39, 0.29) is 10.8 Å². The van der Waals surface area contributed by atoms with Crippen molar-refractivity contribution in [1.29, 1.82) is 5.26 Å². The van der Waals surface area contributed by atoms with Gasteiger partial charge >= 0.3 is 0 Å². The van der Waals surface area contributed by atoms with Crippen molar-refractivity contribution in [3.8, 4) is 6.07 Å². The zero-order valence-corrected chi connectivity index (χ0v) is 16.9. The van der Waals surface area contributed by atoms with Crippen LogP contribution in [-0.4, -0.2) is 37.7 Å². The molecule has 0 aliphatic carbocycles. The second kappa shape index (κ2) is 7.68. The summed E-state index contributed by atoms with van der Waals surface area (Å²) in [5.74, 6) is 0.576. The first-order valence-corrected chi connectivity index (χ1v) is 11.3. The molecule has 29 heavy (non-hydrogen) atoms. The van der Waals surface area contributed by atoms with E-state index in [0.717, 1.165) is 42.5 Å². The van der Waals surface area contributed by atoms with Gasteiger partial charge in [-0.05, 0) is 43.2 Å². The van der Waals surface area contributed by atoms with E-state index in [2.05, 4.69) is 21.3 Å². The van der Waals surface area contributed by atoms with Gasteiger partial charge in [0.1, 0.15) is 0 Å². The summed E-state index contributed by atoms with van der Waals surface area (Å²) in [6, 6.07) is 14.9. The highest BCUT2D eigenvalue weighted by Gasteiger charge is 2.21. The summed E-state index contributed by atoms with van der Waals surface area (Å²) in [6.45, 7) is 1.66. The molecule has 2 heterocycles. The zero-order valence-electron chi connectivity index (χ0n) is 16.0. The van der Waals surface area contributed by atoms with E-state index in [1.54, 1.807) is 30.5 Å². The molecule has 7 nitrogen and oxygen atoms in total. The zero-order chi connectivity index (χ0) is 20.4. The van der Waals surface area contributed by atoms with E-state index < -0.39 is 9.84 Å². The minimum absolute atomic E-state index is 0.128. The van der Waals surface area contributed by atoms with Crippen molar-refractivity contribution >= 4 is 38.1 Å². The molecule has 148 valence electrons. The molecule has 0 saturated carbocycles. The van der Waals surface area contributed by atoms with Crippen molar-refractivity contribution in [2.45, 2.75) is 17.7 Å². The van der Waals surface area contributed by atoms with Crippen LogP contribution in [0.5, 0.6) is 0 Å².